The van der Waals surface area contributed by atoms with Gasteiger partial charge >= 0.3 is 6.18 Å². The van der Waals surface area contributed by atoms with Crippen LogP contribution in [-0.4, -0.2) is 44.0 Å². The van der Waals surface area contributed by atoms with Gasteiger partial charge in [0, 0.05) is 6.54 Å². The van der Waals surface area contributed by atoms with Gasteiger partial charge in [-0.15, -0.1) is 0 Å². The summed E-state index contributed by atoms with van der Waals surface area (Å²) in [6.45, 7) is 5.45. The Morgan fingerprint density at radius 3 is 1.65 bits per heavy atom. The first-order chi connectivity index (χ1) is 16.1. The smallest absolute Gasteiger partial charge is 0.309 e. The highest BCUT2D eigenvalue weighted by Gasteiger charge is 2.35. The summed E-state index contributed by atoms with van der Waals surface area (Å²) in [5, 5.41) is 2.43. The van der Waals surface area contributed by atoms with Gasteiger partial charge in [-0.1, -0.05) is 60.7 Å². The fraction of sp³-hybridized carbons (Fsp3) is 0.357. The molecule has 0 saturated heterocycles. The van der Waals surface area contributed by atoms with Crippen LogP contribution in [0.15, 0.2) is 72.8 Å². The molecule has 1 unspecified atom stereocenters. The van der Waals surface area contributed by atoms with E-state index in [1.807, 2.05) is 50.2 Å². The predicted molar refractivity (Wildman–Crippen MR) is 139 cm³/mol. The summed E-state index contributed by atoms with van der Waals surface area (Å²) in [4.78, 5) is 4.51. The Morgan fingerprint density at radius 1 is 0.765 bits per heavy atom. The number of alkyl halides is 3. The molecule has 0 spiro atoms. The Balaban J connectivity index is 2.19. The third-order valence-electron chi connectivity index (χ3n) is 6.03. The number of benzene rings is 3. The SMILES string of the molecule is Cc1cc(C(F)(F)F)cc(C)c1C(N(C)CCCN(C)C)P(c1ccccc1)c1ccccc1. The fourth-order valence-electron chi connectivity index (χ4n) is 4.46. The maximum Gasteiger partial charge on any atom is 0.416 e. The molecule has 0 N–H and O–H groups in total. The number of rotatable bonds is 9. The largest absolute Gasteiger partial charge is 0.416 e. The van der Waals surface area contributed by atoms with Crippen molar-refractivity contribution in [3.8, 4) is 0 Å². The van der Waals surface area contributed by atoms with Crippen molar-refractivity contribution in [3.63, 3.8) is 0 Å². The summed E-state index contributed by atoms with van der Waals surface area (Å²) in [7, 11) is 5.32. The van der Waals surface area contributed by atoms with Crippen LogP contribution in [0.4, 0.5) is 13.2 Å². The van der Waals surface area contributed by atoms with Crippen LogP contribution in [0, 0.1) is 13.8 Å². The molecule has 0 aliphatic heterocycles. The molecule has 0 aliphatic rings. The van der Waals surface area contributed by atoms with Crippen molar-refractivity contribution in [3.05, 3.63) is 95.1 Å². The standard InChI is InChI=1S/C28H34F3N2P/c1-21-19-23(28(29,30)31)20-22(2)26(21)27(33(5)18-12-17-32(3)4)34(24-13-8-6-9-14-24)25-15-10-7-11-16-25/h6-11,13-16,19-20,27H,12,17-18H2,1-5H3. The van der Waals surface area contributed by atoms with E-state index in [2.05, 4.69) is 55.2 Å². The zero-order chi connectivity index (χ0) is 24.9. The summed E-state index contributed by atoms with van der Waals surface area (Å²) < 4.78 is 40.7. The zero-order valence-corrected chi connectivity index (χ0v) is 21.5. The van der Waals surface area contributed by atoms with Gasteiger partial charge in [-0.3, -0.25) is 4.90 Å². The number of hydrogen-bond acceptors (Lipinski definition) is 2. The lowest BCUT2D eigenvalue weighted by atomic mass is 9.98. The minimum absolute atomic E-state index is 0.0516. The molecule has 0 amide bonds. The van der Waals surface area contributed by atoms with Gasteiger partial charge in [0.25, 0.3) is 0 Å². The molecule has 0 aromatic heterocycles. The van der Waals surface area contributed by atoms with Gasteiger partial charge in [0.05, 0.1) is 11.3 Å². The Labute approximate surface area is 203 Å². The van der Waals surface area contributed by atoms with Crippen LogP contribution in [0.25, 0.3) is 0 Å². The second kappa shape index (κ2) is 11.5. The van der Waals surface area contributed by atoms with Crippen LogP contribution in [0.5, 0.6) is 0 Å². The van der Waals surface area contributed by atoms with Crippen molar-refractivity contribution in [2.45, 2.75) is 32.2 Å². The van der Waals surface area contributed by atoms with Gasteiger partial charge < -0.3 is 4.90 Å². The molecule has 0 saturated carbocycles. The summed E-state index contributed by atoms with van der Waals surface area (Å²) in [5.41, 5.74) is 1.80. The van der Waals surface area contributed by atoms with Crippen LogP contribution in [0.2, 0.25) is 0 Å². The van der Waals surface area contributed by atoms with E-state index in [4.69, 9.17) is 0 Å². The van der Waals surface area contributed by atoms with Crippen molar-refractivity contribution in [1.29, 1.82) is 0 Å². The lowest BCUT2D eigenvalue weighted by Crippen LogP contribution is -2.32. The first-order valence-corrected chi connectivity index (χ1v) is 12.9. The van der Waals surface area contributed by atoms with E-state index < -0.39 is 19.7 Å². The number of nitrogens with zero attached hydrogens (tertiary/aromatic N) is 2. The first kappa shape index (κ1) is 26.4. The average molecular weight is 487 g/mol. The minimum Gasteiger partial charge on any atom is -0.309 e. The minimum atomic E-state index is -4.36. The molecule has 6 heteroatoms. The van der Waals surface area contributed by atoms with E-state index in [-0.39, 0.29) is 5.78 Å². The van der Waals surface area contributed by atoms with Crippen LogP contribution in [0.1, 0.15) is 34.5 Å². The molecule has 1 atom stereocenters. The predicted octanol–water partition coefficient (Wildman–Crippen LogP) is 6.34. The van der Waals surface area contributed by atoms with Crippen molar-refractivity contribution in [1.82, 2.24) is 9.80 Å². The molecule has 0 bridgehead atoms. The first-order valence-electron chi connectivity index (χ1n) is 11.5. The van der Waals surface area contributed by atoms with Crippen molar-refractivity contribution >= 4 is 18.5 Å². The maximum atomic E-state index is 13.6. The van der Waals surface area contributed by atoms with E-state index in [1.165, 1.54) is 22.7 Å². The van der Waals surface area contributed by atoms with Gasteiger partial charge in [0.2, 0.25) is 0 Å². The van der Waals surface area contributed by atoms with Crippen molar-refractivity contribution in [2.24, 2.45) is 0 Å². The molecule has 3 aromatic rings. The Morgan fingerprint density at radius 2 is 1.24 bits per heavy atom. The van der Waals surface area contributed by atoms with Gasteiger partial charge in [0.1, 0.15) is 0 Å². The summed E-state index contributed by atoms with van der Waals surface area (Å²) in [6, 6.07) is 23.4. The topological polar surface area (TPSA) is 6.48 Å². The van der Waals surface area contributed by atoms with Crippen molar-refractivity contribution in [2.75, 3.05) is 34.2 Å². The van der Waals surface area contributed by atoms with Crippen molar-refractivity contribution < 1.29 is 13.2 Å². The monoisotopic (exact) mass is 486 g/mol. The number of hydrogen-bond donors (Lipinski definition) is 0. The second-order valence-corrected chi connectivity index (χ2v) is 11.3. The lowest BCUT2D eigenvalue weighted by Gasteiger charge is -2.38. The Bertz CT molecular complexity index is 990. The molecule has 0 fully saturated rings. The maximum absolute atomic E-state index is 13.6. The second-order valence-electron chi connectivity index (χ2n) is 9.07. The third kappa shape index (κ3) is 6.47. The van der Waals surface area contributed by atoms with E-state index in [9.17, 15) is 13.2 Å². The van der Waals surface area contributed by atoms with Gasteiger partial charge in [0.15, 0.2) is 0 Å². The fourth-order valence-corrected chi connectivity index (χ4v) is 7.48. The van der Waals surface area contributed by atoms with Crippen LogP contribution < -0.4 is 10.6 Å². The molecular formula is C28H34F3N2P. The van der Waals surface area contributed by atoms with Gasteiger partial charge in [-0.05, 0) is 95.3 Å². The average Bonchev–Trinajstić information content (AvgIpc) is 2.78. The molecular weight excluding hydrogens is 452 g/mol. The normalized spacial score (nSPS) is 13.1. The van der Waals surface area contributed by atoms with E-state index in [1.54, 1.807) is 0 Å². The molecule has 182 valence electrons. The van der Waals surface area contributed by atoms with Crippen LogP contribution in [-0.2, 0) is 6.18 Å². The molecule has 3 rings (SSSR count). The number of halogens is 3. The highest BCUT2D eigenvalue weighted by Crippen LogP contribution is 2.53. The van der Waals surface area contributed by atoms with E-state index >= 15 is 0 Å². The van der Waals surface area contributed by atoms with Gasteiger partial charge in [-0.2, -0.15) is 13.2 Å². The van der Waals surface area contributed by atoms with Gasteiger partial charge in [-0.25, -0.2) is 0 Å². The molecule has 0 heterocycles. The Hall–Kier alpha value is -2.20. The molecule has 0 aliphatic carbocycles. The van der Waals surface area contributed by atoms with Crippen LogP contribution >= 0.6 is 7.92 Å². The molecule has 34 heavy (non-hydrogen) atoms. The third-order valence-corrected chi connectivity index (χ3v) is 8.88. The highest BCUT2D eigenvalue weighted by molar-refractivity contribution is 7.73. The lowest BCUT2D eigenvalue weighted by molar-refractivity contribution is -0.137. The van der Waals surface area contributed by atoms with E-state index in [0.717, 1.165) is 25.1 Å². The number of aryl methyl sites for hydroxylation is 2. The molecule has 3 aromatic carbocycles. The molecule has 2 nitrogen and oxygen atoms in total. The highest BCUT2D eigenvalue weighted by atomic mass is 31.1. The quantitative estimate of drug-likeness (QED) is 0.326. The molecule has 0 radical (unpaired) electrons. The van der Waals surface area contributed by atoms with Crippen LogP contribution in [0.3, 0.4) is 0 Å². The summed E-state index contributed by atoms with van der Waals surface area (Å²) >= 11 is 0. The van der Waals surface area contributed by atoms with E-state index in [0.29, 0.717) is 11.1 Å². The summed E-state index contributed by atoms with van der Waals surface area (Å²) in [6.07, 6.45) is -3.38. The zero-order valence-electron chi connectivity index (χ0n) is 20.6. The summed E-state index contributed by atoms with van der Waals surface area (Å²) in [5.74, 6) is -0.0516. The Kier molecular flexibility index (Phi) is 8.92.